The third-order valence-corrected chi connectivity index (χ3v) is 5.28. The van der Waals surface area contributed by atoms with E-state index in [2.05, 4.69) is 10.6 Å². The average molecular weight is 429 g/mol. The van der Waals surface area contributed by atoms with E-state index in [1.165, 1.54) is 0 Å². The molecule has 3 rings (SSSR count). The lowest BCUT2D eigenvalue weighted by atomic mass is 10.2. The second-order valence-electron chi connectivity index (χ2n) is 7.19. The quantitative estimate of drug-likeness (QED) is 0.739. The maximum absolute atomic E-state index is 12.7. The van der Waals surface area contributed by atoms with Gasteiger partial charge in [0, 0.05) is 31.7 Å². The standard InChI is InChI=1S/C22H25ClN4O3/c1-16(24-21(29)17-7-3-2-4-8-17)22(30)27-13-11-26(12-14-27)15-20(28)25-19-10-6-5-9-18(19)23/h2-10,16H,11-15H2,1H3,(H,24,29)(H,25,28). The van der Waals surface area contributed by atoms with E-state index < -0.39 is 6.04 Å². The Hall–Kier alpha value is -2.90. The van der Waals surface area contributed by atoms with Gasteiger partial charge in [0.1, 0.15) is 6.04 Å². The summed E-state index contributed by atoms with van der Waals surface area (Å²) in [5.41, 5.74) is 1.10. The first-order chi connectivity index (χ1) is 14.4. The minimum absolute atomic E-state index is 0.126. The number of hydrogen-bond donors (Lipinski definition) is 2. The molecule has 2 aromatic carbocycles. The van der Waals surface area contributed by atoms with E-state index in [0.29, 0.717) is 42.5 Å². The smallest absolute Gasteiger partial charge is 0.251 e. The molecule has 2 aromatic rings. The van der Waals surface area contributed by atoms with Crippen molar-refractivity contribution in [3.05, 3.63) is 65.2 Å². The minimum atomic E-state index is -0.618. The first-order valence-electron chi connectivity index (χ1n) is 9.85. The van der Waals surface area contributed by atoms with E-state index in [4.69, 9.17) is 11.6 Å². The van der Waals surface area contributed by atoms with E-state index in [-0.39, 0.29) is 24.3 Å². The van der Waals surface area contributed by atoms with Gasteiger partial charge >= 0.3 is 0 Å². The summed E-state index contributed by atoms with van der Waals surface area (Å²) in [6, 6.07) is 15.3. The lowest BCUT2D eigenvalue weighted by Crippen LogP contribution is -2.55. The van der Waals surface area contributed by atoms with Gasteiger partial charge in [0.2, 0.25) is 11.8 Å². The van der Waals surface area contributed by atoms with Gasteiger partial charge in [0.25, 0.3) is 5.91 Å². The number of anilines is 1. The predicted octanol–water partition coefficient (Wildman–Crippen LogP) is 2.24. The molecule has 1 saturated heterocycles. The lowest BCUT2D eigenvalue weighted by molar-refractivity contribution is -0.134. The predicted molar refractivity (Wildman–Crippen MR) is 116 cm³/mol. The van der Waals surface area contributed by atoms with E-state index in [0.717, 1.165) is 0 Å². The SMILES string of the molecule is CC(NC(=O)c1ccccc1)C(=O)N1CCN(CC(=O)Nc2ccccc2Cl)CC1. The van der Waals surface area contributed by atoms with Gasteiger partial charge in [-0.1, -0.05) is 41.9 Å². The Labute approximate surface area is 181 Å². The average Bonchev–Trinajstić information content (AvgIpc) is 2.76. The Morgan fingerprint density at radius 2 is 1.60 bits per heavy atom. The van der Waals surface area contributed by atoms with Crippen LogP contribution in [0.4, 0.5) is 5.69 Å². The van der Waals surface area contributed by atoms with Crippen LogP contribution in [0.15, 0.2) is 54.6 Å². The molecular formula is C22H25ClN4O3. The van der Waals surface area contributed by atoms with Crippen LogP contribution in [-0.2, 0) is 9.59 Å². The highest BCUT2D eigenvalue weighted by Crippen LogP contribution is 2.20. The van der Waals surface area contributed by atoms with Crippen molar-refractivity contribution < 1.29 is 14.4 Å². The largest absolute Gasteiger partial charge is 0.341 e. The van der Waals surface area contributed by atoms with Gasteiger partial charge in [-0.05, 0) is 31.2 Å². The molecule has 0 aliphatic carbocycles. The highest BCUT2D eigenvalue weighted by atomic mass is 35.5. The molecule has 30 heavy (non-hydrogen) atoms. The number of piperazine rings is 1. The van der Waals surface area contributed by atoms with Crippen LogP contribution in [-0.4, -0.2) is 66.3 Å². The molecule has 1 heterocycles. The summed E-state index contributed by atoms with van der Waals surface area (Å²) in [4.78, 5) is 40.9. The van der Waals surface area contributed by atoms with Crippen molar-refractivity contribution in [2.45, 2.75) is 13.0 Å². The summed E-state index contributed by atoms with van der Waals surface area (Å²) < 4.78 is 0. The summed E-state index contributed by atoms with van der Waals surface area (Å²) >= 11 is 6.07. The summed E-state index contributed by atoms with van der Waals surface area (Å²) in [5, 5.41) is 6.05. The van der Waals surface area contributed by atoms with E-state index in [1.54, 1.807) is 54.3 Å². The molecule has 1 unspecified atom stereocenters. The molecule has 0 spiro atoms. The van der Waals surface area contributed by atoms with Crippen LogP contribution >= 0.6 is 11.6 Å². The van der Waals surface area contributed by atoms with Crippen LogP contribution in [0.3, 0.4) is 0 Å². The minimum Gasteiger partial charge on any atom is -0.341 e. The van der Waals surface area contributed by atoms with Gasteiger partial charge in [-0.25, -0.2) is 0 Å². The monoisotopic (exact) mass is 428 g/mol. The highest BCUT2D eigenvalue weighted by molar-refractivity contribution is 6.33. The van der Waals surface area contributed by atoms with E-state index in [1.807, 2.05) is 17.0 Å². The molecule has 3 amide bonds. The zero-order chi connectivity index (χ0) is 21.5. The summed E-state index contributed by atoms with van der Waals surface area (Å²) in [5.74, 6) is -0.544. The topological polar surface area (TPSA) is 81.8 Å². The number of carbonyl (C=O) groups is 3. The van der Waals surface area contributed by atoms with Crippen molar-refractivity contribution in [3.63, 3.8) is 0 Å². The molecule has 1 aliphatic heterocycles. The van der Waals surface area contributed by atoms with Crippen molar-refractivity contribution >= 4 is 35.0 Å². The molecule has 1 atom stereocenters. The lowest BCUT2D eigenvalue weighted by Gasteiger charge is -2.35. The zero-order valence-corrected chi connectivity index (χ0v) is 17.6. The number of nitrogens with zero attached hydrogens (tertiary/aromatic N) is 2. The van der Waals surface area contributed by atoms with Crippen molar-refractivity contribution in [1.29, 1.82) is 0 Å². The molecule has 7 nitrogen and oxygen atoms in total. The Balaban J connectivity index is 1.44. The molecule has 0 bridgehead atoms. The van der Waals surface area contributed by atoms with Crippen LogP contribution in [0.2, 0.25) is 5.02 Å². The number of amides is 3. The van der Waals surface area contributed by atoms with E-state index in [9.17, 15) is 14.4 Å². The number of para-hydroxylation sites is 1. The third kappa shape index (κ3) is 5.81. The van der Waals surface area contributed by atoms with Crippen molar-refractivity contribution in [2.24, 2.45) is 0 Å². The number of nitrogens with one attached hydrogen (secondary N) is 2. The summed E-state index contributed by atoms with van der Waals surface area (Å²) in [7, 11) is 0. The molecule has 1 aliphatic rings. The molecule has 0 radical (unpaired) electrons. The molecule has 1 fully saturated rings. The molecule has 0 saturated carbocycles. The van der Waals surface area contributed by atoms with Crippen molar-refractivity contribution in [1.82, 2.24) is 15.1 Å². The second kappa shape index (κ2) is 10.2. The maximum Gasteiger partial charge on any atom is 0.251 e. The number of halogens is 1. The first kappa shape index (κ1) is 21.8. The third-order valence-electron chi connectivity index (χ3n) is 4.95. The Morgan fingerprint density at radius 3 is 2.27 bits per heavy atom. The first-order valence-corrected chi connectivity index (χ1v) is 10.2. The van der Waals surface area contributed by atoms with Gasteiger partial charge in [0.15, 0.2) is 0 Å². The van der Waals surface area contributed by atoms with Gasteiger partial charge in [-0.15, -0.1) is 0 Å². The van der Waals surface area contributed by atoms with Crippen LogP contribution in [0.25, 0.3) is 0 Å². The Bertz CT molecular complexity index is 898. The molecular weight excluding hydrogens is 404 g/mol. The van der Waals surface area contributed by atoms with Crippen LogP contribution in [0.5, 0.6) is 0 Å². The van der Waals surface area contributed by atoms with Crippen LogP contribution < -0.4 is 10.6 Å². The normalized spacial score (nSPS) is 15.3. The van der Waals surface area contributed by atoms with Crippen LogP contribution in [0, 0.1) is 0 Å². The van der Waals surface area contributed by atoms with Gasteiger partial charge in [0.05, 0.1) is 17.3 Å². The molecule has 8 heteroatoms. The zero-order valence-electron chi connectivity index (χ0n) is 16.8. The Morgan fingerprint density at radius 1 is 0.967 bits per heavy atom. The van der Waals surface area contributed by atoms with Crippen molar-refractivity contribution in [3.8, 4) is 0 Å². The van der Waals surface area contributed by atoms with Crippen molar-refractivity contribution in [2.75, 3.05) is 38.0 Å². The maximum atomic E-state index is 12.7. The molecule has 0 aromatic heterocycles. The van der Waals surface area contributed by atoms with E-state index >= 15 is 0 Å². The number of benzene rings is 2. The Kier molecular flexibility index (Phi) is 7.43. The van der Waals surface area contributed by atoms with Gasteiger partial charge in [-0.2, -0.15) is 0 Å². The fourth-order valence-corrected chi connectivity index (χ4v) is 3.47. The fraction of sp³-hybridized carbons (Fsp3) is 0.318. The summed E-state index contributed by atoms with van der Waals surface area (Å²) in [6.07, 6.45) is 0. The second-order valence-corrected chi connectivity index (χ2v) is 7.60. The number of hydrogen-bond acceptors (Lipinski definition) is 4. The summed E-state index contributed by atoms with van der Waals surface area (Å²) in [6.45, 7) is 4.09. The number of carbonyl (C=O) groups excluding carboxylic acids is 3. The fourth-order valence-electron chi connectivity index (χ4n) is 3.29. The van der Waals surface area contributed by atoms with Gasteiger partial charge < -0.3 is 15.5 Å². The molecule has 158 valence electrons. The van der Waals surface area contributed by atoms with Gasteiger partial charge in [-0.3, -0.25) is 19.3 Å². The molecule has 2 N–H and O–H groups in total. The highest BCUT2D eigenvalue weighted by Gasteiger charge is 2.26. The van der Waals surface area contributed by atoms with Crippen LogP contribution in [0.1, 0.15) is 17.3 Å². The number of rotatable bonds is 6.